The van der Waals surface area contributed by atoms with Crippen molar-refractivity contribution in [3.8, 4) is 0 Å². The molecule has 2 N–H and O–H groups in total. The second kappa shape index (κ2) is 7.54. The van der Waals surface area contributed by atoms with Gasteiger partial charge in [0.2, 0.25) is 0 Å². The summed E-state index contributed by atoms with van der Waals surface area (Å²) in [6.07, 6.45) is 2.38. The third-order valence-electron chi connectivity index (χ3n) is 4.48. The molecule has 1 aliphatic rings. The fourth-order valence-corrected chi connectivity index (χ4v) is 3.28. The van der Waals surface area contributed by atoms with Gasteiger partial charge < -0.3 is 10.6 Å². The Bertz CT molecular complexity index is 461. The topological polar surface area (TPSA) is 32.5 Å². The summed E-state index contributed by atoms with van der Waals surface area (Å²) in [5, 5.41) is 0.165. The molecule has 0 amide bonds. The van der Waals surface area contributed by atoms with Gasteiger partial charge in [0.25, 0.3) is 0 Å². The highest BCUT2D eigenvalue weighted by molar-refractivity contribution is 6.30. The maximum Gasteiger partial charge on any atom is 0.146 e. The van der Waals surface area contributed by atoms with Crippen LogP contribution in [0.3, 0.4) is 0 Å². The second-order valence-corrected chi connectivity index (χ2v) is 6.49. The molecule has 3 nitrogen and oxygen atoms in total. The summed E-state index contributed by atoms with van der Waals surface area (Å²) in [5.41, 5.74) is 6.49. The lowest BCUT2D eigenvalue weighted by Gasteiger charge is -2.35. The molecule has 1 saturated heterocycles. The normalized spacial score (nSPS) is 19.1. The first-order valence-corrected chi connectivity index (χ1v) is 7.93. The average Bonchev–Trinajstić information content (AvgIpc) is 2.47. The maximum atomic E-state index is 14.2. The minimum atomic E-state index is -0.343. The minimum absolute atomic E-state index is 0.122. The van der Waals surface area contributed by atoms with Crippen LogP contribution in [0, 0.1) is 11.7 Å². The van der Waals surface area contributed by atoms with Crippen molar-refractivity contribution in [3.63, 3.8) is 0 Å². The van der Waals surface area contributed by atoms with Gasteiger partial charge in [0.15, 0.2) is 0 Å². The number of halogens is 2. The molecule has 1 atom stereocenters. The standard InChI is InChI=1S/C16H25ClFN3/c1-20-8-6-12(7-9-20)11-21(2)15(10-19)13-4-3-5-14(17)16(13)18/h3-5,12,15H,6-11,19H2,1-2H3. The van der Waals surface area contributed by atoms with E-state index >= 15 is 0 Å². The number of nitrogens with zero attached hydrogens (tertiary/aromatic N) is 2. The molecule has 0 saturated carbocycles. The van der Waals surface area contributed by atoms with Gasteiger partial charge in [-0.25, -0.2) is 4.39 Å². The summed E-state index contributed by atoms with van der Waals surface area (Å²) >= 11 is 5.89. The van der Waals surface area contributed by atoms with E-state index in [9.17, 15) is 4.39 Å². The average molecular weight is 314 g/mol. The molecule has 0 aliphatic carbocycles. The number of hydrogen-bond donors (Lipinski definition) is 1. The van der Waals surface area contributed by atoms with Gasteiger partial charge >= 0.3 is 0 Å². The van der Waals surface area contributed by atoms with Gasteiger partial charge in [-0.3, -0.25) is 4.90 Å². The molecule has 5 heteroatoms. The molecule has 1 heterocycles. The summed E-state index contributed by atoms with van der Waals surface area (Å²) in [6, 6.07) is 5.02. The van der Waals surface area contributed by atoms with Crippen LogP contribution in [0.15, 0.2) is 18.2 Å². The molecule has 1 unspecified atom stereocenters. The number of benzene rings is 1. The summed E-state index contributed by atoms with van der Waals surface area (Å²) in [7, 11) is 4.18. The number of nitrogens with two attached hydrogens (primary N) is 1. The predicted octanol–water partition coefficient (Wildman–Crippen LogP) is 2.75. The summed E-state index contributed by atoms with van der Waals surface area (Å²) in [6.45, 7) is 3.61. The summed E-state index contributed by atoms with van der Waals surface area (Å²) < 4.78 is 14.2. The molecule has 0 radical (unpaired) electrons. The SMILES string of the molecule is CN1CCC(CN(C)C(CN)c2cccc(Cl)c2F)CC1. The Labute approximate surface area is 131 Å². The van der Waals surface area contributed by atoms with Crippen molar-refractivity contribution in [2.45, 2.75) is 18.9 Å². The van der Waals surface area contributed by atoms with E-state index in [4.69, 9.17) is 17.3 Å². The van der Waals surface area contributed by atoms with Crippen LogP contribution < -0.4 is 5.73 Å². The first-order valence-electron chi connectivity index (χ1n) is 7.55. The fraction of sp³-hybridized carbons (Fsp3) is 0.625. The van der Waals surface area contributed by atoms with E-state index in [0.29, 0.717) is 18.0 Å². The summed E-state index contributed by atoms with van der Waals surface area (Å²) in [4.78, 5) is 4.53. The van der Waals surface area contributed by atoms with Gasteiger partial charge in [0, 0.05) is 24.7 Å². The van der Waals surface area contributed by atoms with Crippen molar-refractivity contribution in [2.75, 3.05) is 40.3 Å². The first kappa shape index (κ1) is 16.7. The van der Waals surface area contributed by atoms with E-state index in [2.05, 4.69) is 16.8 Å². The van der Waals surface area contributed by atoms with Crippen molar-refractivity contribution in [2.24, 2.45) is 11.7 Å². The third-order valence-corrected chi connectivity index (χ3v) is 4.77. The van der Waals surface area contributed by atoms with E-state index in [-0.39, 0.29) is 16.9 Å². The second-order valence-electron chi connectivity index (χ2n) is 6.08. The van der Waals surface area contributed by atoms with Gasteiger partial charge in [-0.1, -0.05) is 23.7 Å². The highest BCUT2D eigenvalue weighted by Crippen LogP contribution is 2.28. The van der Waals surface area contributed by atoms with Crippen LogP contribution in [0.2, 0.25) is 5.02 Å². The fourth-order valence-electron chi connectivity index (χ4n) is 3.10. The van der Waals surface area contributed by atoms with E-state index in [1.165, 1.54) is 12.8 Å². The summed E-state index contributed by atoms with van der Waals surface area (Å²) in [5.74, 6) is 0.312. The number of likely N-dealkylation sites (tertiary alicyclic amines) is 1. The Balaban J connectivity index is 2.04. The van der Waals surface area contributed by atoms with E-state index in [0.717, 1.165) is 19.6 Å². The lowest BCUT2D eigenvalue weighted by molar-refractivity contribution is 0.150. The molecular formula is C16H25ClFN3. The molecule has 118 valence electrons. The quantitative estimate of drug-likeness (QED) is 0.907. The molecule has 1 fully saturated rings. The number of likely N-dealkylation sites (N-methyl/N-ethyl adjacent to an activating group) is 1. The van der Waals surface area contributed by atoms with Crippen LogP contribution in [0.5, 0.6) is 0 Å². The van der Waals surface area contributed by atoms with Crippen LogP contribution in [0.1, 0.15) is 24.4 Å². The van der Waals surface area contributed by atoms with Crippen molar-refractivity contribution < 1.29 is 4.39 Å². The Hall–Kier alpha value is -0.680. The highest BCUT2D eigenvalue weighted by Gasteiger charge is 2.24. The maximum absolute atomic E-state index is 14.2. The smallest absolute Gasteiger partial charge is 0.146 e. The van der Waals surface area contributed by atoms with Crippen molar-refractivity contribution >= 4 is 11.6 Å². The van der Waals surface area contributed by atoms with Crippen LogP contribution in [0.4, 0.5) is 4.39 Å². The Morgan fingerprint density at radius 3 is 2.71 bits per heavy atom. The monoisotopic (exact) mass is 313 g/mol. The van der Waals surface area contributed by atoms with Gasteiger partial charge in [-0.05, 0) is 52.0 Å². The largest absolute Gasteiger partial charge is 0.329 e. The number of piperidine rings is 1. The number of rotatable bonds is 5. The van der Waals surface area contributed by atoms with Gasteiger partial charge in [-0.15, -0.1) is 0 Å². The van der Waals surface area contributed by atoms with E-state index in [1.807, 2.05) is 7.05 Å². The van der Waals surface area contributed by atoms with Gasteiger partial charge in [0.1, 0.15) is 5.82 Å². The lowest BCUT2D eigenvalue weighted by Crippen LogP contribution is -2.39. The zero-order valence-corrected chi connectivity index (χ0v) is 13.6. The molecule has 0 aromatic heterocycles. The molecule has 2 rings (SSSR count). The third kappa shape index (κ3) is 4.16. The molecule has 0 spiro atoms. The molecule has 1 aromatic rings. The van der Waals surface area contributed by atoms with Crippen molar-refractivity contribution in [1.29, 1.82) is 0 Å². The Morgan fingerprint density at radius 2 is 2.10 bits per heavy atom. The Kier molecular flexibility index (Phi) is 5.99. The van der Waals surface area contributed by atoms with Crippen LogP contribution in [-0.2, 0) is 0 Å². The van der Waals surface area contributed by atoms with Gasteiger partial charge in [-0.2, -0.15) is 0 Å². The van der Waals surface area contributed by atoms with Crippen LogP contribution in [-0.4, -0.2) is 50.1 Å². The van der Waals surface area contributed by atoms with E-state index in [1.54, 1.807) is 18.2 Å². The highest BCUT2D eigenvalue weighted by atomic mass is 35.5. The first-order chi connectivity index (χ1) is 10.0. The minimum Gasteiger partial charge on any atom is -0.329 e. The predicted molar refractivity (Wildman–Crippen MR) is 86.1 cm³/mol. The number of hydrogen-bond acceptors (Lipinski definition) is 3. The van der Waals surface area contributed by atoms with Crippen molar-refractivity contribution in [1.82, 2.24) is 9.80 Å². The molecular weight excluding hydrogens is 289 g/mol. The molecule has 1 aromatic carbocycles. The molecule has 0 bridgehead atoms. The molecule has 1 aliphatic heterocycles. The Morgan fingerprint density at radius 1 is 1.43 bits per heavy atom. The zero-order valence-electron chi connectivity index (χ0n) is 12.9. The van der Waals surface area contributed by atoms with E-state index < -0.39 is 0 Å². The van der Waals surface area contributed by atoms with Crippen LogP contribution in [0.25, 0.3) is 0 Å². The lowest BCUT2D eigenvalue weighted by atomic mass is 9.95. The zero-order chi connectivity index (χ0) is 15.4. The van der Waals surface area contributed by atoms with Crippen molar-refractivity contribution in [3.05, 3.63) is 34.6 Å². The molecule has 21 heavy (non-hydrogen) atoms. The van der Waals surface area contributed by atoms with Crippen LogP contribution >= 0.6 is 11.6 Å². The van der Waals surface area contributed by atoms with Gasteiger partial charge in [0.05, 0.1) is 5.02 Å².